The minimum Gasteiger partial charge on any atom is -0.402 e. The van der Waals surface area contributed by atoms with Crippen molar-refractivity contribution >= 4 is 35.5 Å². The predicted octanol–water partition coefficient (Wildman–Crippen LogP) is 4.21. The van der Waals surface area contributed by atoms with E-state index in [1.807, 2.05) is 30.3 Å². The molecular formula is C21H14ClN3O3. The average Bonchev–Trinajstić information content (AvgIpc) is 3.27. The number of halogens is 1. The van der Waals surface area contributed by atoms with E-state index in [-0.39, 0.29) is 17.5 Å². The van der Waals surface area contributed by atoms with Crippen LogP contribution in [0.5, 0.6) is 0 Å². The summed E-state index contributed by atoms with van der Waals surface area (Å²) < 4.78 is 6.51. The molecule has 6 nitrogen and oxygen atoms in total. The van der Waals surface area contributed by atoms with Gasteiger partial charge in [0.1, 0.15) is 5.69 Å². The second-order valence-corrected chi connectivity index (χ2v) is 6.49. The van der Waals surface area contributed by atoms with Gasteiger partial charge in [0, 0.05) is 24.2 Å². The van der Waals surface area contributed by atoms with Crippen LogP contribution in [0.25, 0.3) is 17.3 Å². The maximum absolute atomic E-state index is 12.3. The van der Waals surface area contributed by atoms with Crippen molar-refractivity contribution in [2.75, 3.05) is 0 Å². The van der Waals surface area contributed by atoms with Crippen molar-refractivity contribution in [3.63, 3.8) is 0 Å². The average molecular weight is 392 g/mol. The maximum Gasteiger partial charge on any atom is 0.363 e. The molecule has 0 atom stereocenters. The van der Waals surface area contributed by atoms with Crippen LogP contribution in [-0.2, 0) is 9.53 Å². The number of cyclic esters (lactones) is 1. The molecule has 0 bridgehead atoms. The molecular weight excluding hydrogens is 378 g/mol. The first-order chi connectivity index (χ1) is 13.5. The number of nitrogens with zero attached hydrogens (tertiary/aromatic N) is 3. The van der Waals surface area contributed by atoms with Crippen LogP contribution >= 0.6 is 11.6 Å². The van der Waals surface area contributed by atoms with Crippen molar-refractivity contribution in [2.45, 2.75) is 6.92 Å². The third kappa shape index (κ3) is 3.37. The highest BCUT2D eigenvalue weighted by Gasteiger charge is 2.26. The van der Waals surface area contributed by atoms with Crippen LogP contribution in [0.1, 0.15) is 22.8 Å². The monoisotopic (exact) mass is 391 g/mol. The summed E-state index contributed by atoms with van der Waals surface area (Å²) in [4.78, 5) is 28.4. The fourth-order valence-electron chi connectivity index (χ4n) is 2.78. The van der Waals surface area contributed by atoms with Crippen LogP contribution in [0, 0.1) is 0 Å². The lowest BCUT2D eigenvalue weighted by molar-refractivity contribution is -0.129. The van der Waals surface area contributed by atoms with E-state index in [2.05, 4.69) is 10.1 Å². The molecule has 0 fully saturated rings. The van der Waals surface area contributed by atoms with Gasteiger partial charge < -0.3 is 4.74 Å². The number of esters is 1. The van der Waals surface area contributed by atoms with Gasteiger partial charge in [-0.2, -0.15) is 5.10 Å². The number of hydrogen-bond acceptors (Lipinski definition) is 5. The fourth-order valence-corrected chi connectivity index (χ4v) is 3.00. The van der Waals surface area contributed by atoms with Gasteiger partial charge in [-0.15, -0.1) is 0 Å². The van der Waals surface area contributed by atoms with Gasteiger partial charge in [0.05, 0.1) is 10.6 Å². The molecule has 1 aromatic heterocycles. The summed E-state index contributed by atoms with van der Waals surface area (Å²) >= 11 is 6.16. The van der Waals surface area contributed by atoms with Crippen LogP contribution in [-0.4, -0.2) is 27.6 Å². The first kappa shape index (κ1) is 17.9. The van der Waals surface area contributed by atoms with E-state index in [1.54, 1.807) is 36.5 Å². The summed E-state index contributed by atoms with van der Waals surface area (Å²) in [5.74, 6) is -0.692. The Kier molecular flexibility index (Phi) is 4.63. The van der Waals surface area contributed by atoms with Crippen molar-refractivity contribution < 1.29 is 14.3 Å². The SMILES string of the molecule is CC(=O)n1cc(/C=C2\N=C(c3ccccc3Cl)OC2=O)c(-c2ccccc2)n1. The van der Waals surface area contributed by atoms with Crippen LogP contribution in [0.2, 0.25) is 5.02 Å². The summed E-state index contributed by atoms with van der Waals surface area (Å²) in [5, 5.41) is 4.77. The molecule has 2 aromatic carbocycles. The lowest BCUT2D eigenvalue weighted by Crippen LogP contribution is -2.05. The van der Waals surface area contributed by atoms with E-state index in [4.69, 9.17) is 16.3 Å². The molecule has 0 saturated heterocycles. The van der Waals surface area contributed by atoms with Gasteiger partial charge in [-0.25, -0.2) is 14.5 Å². The van der Waals surface area contributed by atoms with Gasteiger partial charge in [0.25, 0.3) is 0 Å². The Labute approximate surface area is 165 Å². The Morgan fingerprint density at radius 2 is 1.82 bits per heavy atom. The first-order valence-electron chi connectivity index (χ1n) is 8.46. The maximum atomic E-state index is 12.3. The third-order valence-corrected chi connectivity index (χ3v) is 4.46. The van der Waals surface area contributed by atoms with Crippen LogP contribution < -0.4 is 0 Å². The topological polar surface area (TPSA) is 73.6 Å². The molecule has 2 heterocycles. The van der Waals surface area contributed by atoms with Crippen LogP contribution in [0.4, 0.5) is 0 Å². The van der Waals surface area contributed by atoms with Gasteiger partial charge >= 0.3 is 5.97 Å². The van der Waals surface area contributed by atoms with Gasteiger partial charge in [0.15, 0.2) is 5.70 Å². The van der Waals surface area contributed by atoms with Gasteiger partial charge in [-0.3, -0.25) is 4.79 Å². The highest BCUT2D eigenvalue weighted by molar-refractivity contribution is 6.34. The van der Waals surface area contributed by atoms with E-state index < -0.39 is 5.97 Å². The molecule has 0 spiro atoms. The largest absolute Gasteiger partial charge is 0.402 e. The zero-order chi connectivity index (χ0) is 19.7. The molecule has 0 radical (unpaired) electrons. The molecule has 1 aliphatic rings. The predicted molar refractivity (Wildman–Crippen MR) is 106 cm³/mol. The highest BCUT2D eigenvalue weighted by atomic mass is 35.5. The van der Waals surface area contributed by atoms with E-state index in [9.17, 15) is 9.59 Å². The second kappa shape index (κ2) is 7.25. The number of aromatic nitrogens is 2. The molecule has 4 rings (SSSR count). The Morgan fingerprint density at radius 1 is 1.11 bits per heavy atom. The van der Waals surface area contributed by atoms with Crippen molar-refractivity contribution in [3.8, 4) is 11.3 Å². The Morgan fingerprint density at radius 3 is 2.54 bits per heavy atom. The standard InChI is InChI=1S/C21H14ClN3O3/c1-13(26)25-12-15(19(24-25)14-7-3-2-4-8-14)11-18-21(27)28-20(23-18)16-9-5-6-10-17(16)22/h2-12H,1H3/b18-11-. The van der Waals surface area contributed by atoms with E-state index in [1.165, 1.54) is 11.6 Å². The number of carbonyl (C=O) groups excluding carboxylic acids is 2. The highest BCUT2D eigenvalue weighted by Crippen LogP contribution is 2.27. The number of carbonyl (C=O) groups is 2. The normalized spacial score (nSPS) is 14.9. The van der Waals surface area contributed by atoms with Crippen molar-refractivity contribution in [1.82, 2.24) is 9.78 Å². The molecule has 0 aliphatic carbocycles. The van der Waals surface area contributed by atoms with Crippen molar-refractivity contribution in [3.05, 3.63) is 82.6 Å². The smallest absolute Gasteiger partial charge is 0.363 e. The third-order valence-electron chi connectivity index (χ3n) is 4.13. The van der Waals surface area contributed by atoms with E-state index in [0.717, 1.165) is 5.56 Å². The quantitative estimate of drug-likeness (QED) is 0.495. The second-order valence-electron chi connectivity index (χ2n) is 6.08. The molecule has 0 unspecified atom stereocenters. The first-order valence-corrected chi connectivity index (χ1v) is 8.84. The number of hydrogen-bond donors (Lipinski definition) is 0. The number of ether oxygens (including phenoxy) is 1. The molecule has 0 saturated carbocycles. The van der Waals surface area contributed by atoms with E-state index in [0.29, 0.717) is 21.8 Å². The summed E-state index contributed by atoms with van der Waals surface area (Å²) in [6.45, 7) is 1.41. The zero-order valence-electron chi connectivity index (χ0n) is 14.8. The summed E-state index contributed by atoms with van der Waals surface area (Å²) in [7, 11) is 0. The van der Waals surface area contributed by atoms with E-state index >= 15 is 0 Å². The molecule has 1 aliphatic heterocycles. The summed E-state index contributed by atoms with van der Waals surface area (Å²) in [6.07, 6.45) is 3.12. The van der Waals surface area contributed by atoms with Gasteiger partial charge in [-0.05, 0) is 18.2 Å². The summed E-state index contributed by atoms with van der Waals surface area (Å²) in [6, 6.07) is 16.4. The lowest BCUT2D eigenvalue weighted by Gasteiger charge is -2.00. The Balaban J connectivity index is 1.79. The molecule has 28 heavy (non-hydrogen) atoms. The van der Waals surface area contributed by atoms with Crippen LogP contribution in [0.3, 0.4) is 0 Å². The van der Waals surface area contributed by atoms with Crippen molar-refractivity contribution in [2.24, 2.45) is 4.99 Å². The zero-order valence-corrected chi connectivity index (χ0v) is 15.6. The van der Waals surface area contributed by atoms with Crippen molar-refractivity contribution in [1.29, 1.82) is 0 Å². The molecule has 0 amide bonds. The minimum absolute atomic E-state index is 0.107. The fraction of sp³-hybridized carbons (Fsp3) is 0.0476. The molecule has 138 valence electrons. The minimum atomic E-state index is -0.593. The summed E-state index contributed by atoms with van der Waals surface area (Å²) in [5.41, 5.74) is 2.60. The number of aliphatic imine (C=N–C) groups is 1. The molecule has 7 heteroatoms. The Bertz CT molecular complexity index is 1150. The Hall–Kier alpha value is -3.51. The number of benzene rings is 2. The molecule has 0 N–H and O–H groups in total. The van der Waals surface area contributed by atoms with Gasteiger partial charge in [-0.1, -0.05) is 54.1 Å². The van der Waals surface area contributed by atoms with Gasteiger partial charge in [0.2, 0.25) is 11.8 Å². The lowest BCUT2D eigenvalue weighted by atomic mass is 10.1. The molecule has 3 aromatic rings. The number of rotatable bonds is 3. The van der Waals surface area contributed by atoms with Crippen LogP contribution in [0.15, 0.2) is 71.5 Å².